The third-order valence-corrected chi connectivity index (χ3v) is 3.88. The predicted octanol–water partition coefficient (Wildman–Crippen LogP) is 3.71. The molecule has 1 aromatic rings. The molecule has 0 bridgehead atoms. The van der Waals surface area contributed by atoms with Gasteiger partial charge in [0.25, 0.3) is 0 Å². The highest BCUT2D eigenvalue weighted by molar-refractivity contribution is 6.31. The van der Waals surface area contributed by atoms with Gasteiger partial charge in [-0.25, -0.2) is 8.78 Å². The molecule has 0 radical (unpaired) electrons. The molecule has 0 unspecified atom stereocenters. The second-order valence-electron chi connectivity index (χ2n) is 4.83. The second-order valence-corrected chi connectivity index (χ2v) is 5.24. The Bertz CT molecular complexity index is 441. The second kappa shape index (κ2) is 4.67. The van der Waals surface area contributed by atoms with Crippen LogP contribution in [-0.2, 0) is 5.54 Å². The summed E-state index contributed by atoms with van der Waals surface area (Å²) in [6.07, 6.45) is -0.00403. The van der Waals surface area contributed by atoms with E-state index in [2.05, 4.69) is 0 Å². The molecule has 2 nitrogen and oxygen atoms in total. The zero-order valence-corrected chi connectivity index (χ0v) is 10.9. The summed E-state index contributed by atoms with van der Waals surface area (Å²) in [5, 5.41) is 0.474. The van der Waals surface area contributed by atoms with Gasteiger partial charge in [0.05, 0.1) is 7.11 Å². The summed E-state index contributed by atoms with van der Waals surface area (Å²) in [5.41, 5.74) is 6.10. The summed E-state index contributed by atoms with van der Waals surface area (Å²) in [6.45, 7) is 0. The van der Waals surface area contributed by atoms with Gasteiger partial charge in [-0.05, 0) is 25.0 Å². The summed E-state index contributed by atoms with van der Waals surface area (Å²) < 4.78 is 31.7. The SMILES string of the molecule is COc1cccc(Cl)c1C1(N)CCC(F)(F)CC1. The standard InChI is InChI=1S/C13H16ClF2NO/c1-18-10-4-2-3-9(14)11(10)12(17)5-7-13(15,16)8-6-12/h2-4H,5-8,17H2,1H3. The Morgan fingerprint density at radius 2 is 1.83 bits per heavy atom. The molecule has 0 amide bonds. The van der Waals surface area contributed by atoms with Crippen LogP contribution < -0.4 is 10.5 Å². The average molecular weight is 276 g/mol. The molecule has 100 valence electrons. The number of rotatable bonds is 2. The summed E-state index contributed by atoms with van der Waals surface area (Å²) in [5.74, 6) is -2.05. The van der Waals surface area contributed by atoms with Crippen LogP contribution in [0.5, 0.6) is 5.75 Å². The molecule has 18 heavy (non-hydrogen) atoms. The van der Waals surface area contributed by atoms with E-state index in [1.165, 1.54) is 7.11 Å². The van der Waals surface area contributed by atoms with Crippen LogP contribution in [0.25, 0.3) is 0 Å². The van der Waals surface area contributed by atoms with Crippen molar-refractivity contribution in [1.82, 2.24) is 0 Å². The van der Waals surface area contributed by atoms with Gasteiger partial charge in [0.15, 0.2) is 0 Å². The topological polar surface area (TPSA) is 35.2 Å². The summed E-state index contributed by atoms with van der Waals surface area (Å²) in [6, 6.07) is 5.22. The molecular weight excluding hydrogens is 260 g/mol. The van der Waals surface area contributed by atoms with Crippen LogP contribution in [0.2, 0.25) is 5.02 Å². The molecule has 0 aromatic heterocycles. The van der Waals surface area contributed by atoms with Crippen LogP contribution in [0.3, 0.4) is 0 Å². The monoisotopic (exact) mass is 275 g/mol. The van der Waals surface area contributed by atoms with Crippen LogP contribution in [0.1, 0.15) is 31.2 Å². The molecular formula is C13H16ClF2NO. The summed E-state index contributed by atoms with van der Waals surface area (Å²) in [4.78, 5) is 0. The number of ether oxygens (including phenoxy) is 1. The molecule has 0 saturated heterocycles. The van der Waals surface area contributed by atoms with Gasteiger partial charge in [0.2, 0.25) is 5.92 Å². The van der Waals surface area contributed by atoms with Crippen molar-refractivity contribution in [3.8, 4) is 5.75 Å². The van der Waals surface area contributed by atoms with Crippen molar-refractivity contribution >= 4 is 11.6 Å². The zero-order chi connectivity index (χ0) is 13.4. The highest BCUT2D eigenvalue weighted by Gasteiger charge is 2.44. The van der Waals surface area contributed by atoms with Crippen molar-refractivity contribution in [1.29, 1.82) is 0 Å². The number of alkyl halides is 2. The first-order valence-corrected chi connectivity index (χ1v) is 6.25. The molecule has 1 saturated carbocycles. The van der Waals surface area contributed by atoms with Crippen molar-refractivity contribution in [2.24, 2.45) is 5.73 Å². The lowest BCUT2D eigenvalue weighted by Gasteiger charge is -2.38. The minimum atomic E-state index is -2.61. The Labute approximate surface area is 110 Å². The molecule has 0 spiro atoms. The van der Waals surface area contributed by atoms with E-state index in [0.29, 0.717) is 16.3 Å². The molecule has 0 atom stereocenters. The zero-order valence-electron chi connectivity index (χ0n) is 10.2. The lowest BCUT2D eigenvalue weighted by atomic mass is 9.75. The van der Waals surface area contributed by atoms with E-state index in [4.69, 9.17) is 22.1 Å². The molecule has 1 aromatic carbocycles. The van der Waals surface area contributed by atoms with Crippen molar-refractivity contribution in [3.05, 3.63) is 28.8 Å². The van der Waals surface area contributed by atoms with Crippen molar-refractivity contribution < 1.29 is 13.5 Å². The van der Waals surface area contributed by atoms with E-state index in [9.17, 15) is 8.78 Å². The van der Waals surface area contributed by atoms with Gasteiger partial charge >= 0.3 is 0 Å². The quantitative estimate of drug-likeness (QED) is 0.893. The van der Waals surface area contributed by atoms with E-state index in [0.717, 1.165) is 0 Å². The van der Waals surface area contributed by atoms with Crippen LogP contribution in [0.4, 0.5) is 8.78 Å². The molecule has 0 heterocycles. The molecule has 2 N–H and O–H groups in total. The maximum atomic E-state index is 13.2. The Balaban J connectivity index is 2.37. The number of nitrogens with two attached hydrogens (primary N) is 1. The predicted molar refractivity (Wildman–Crippen MR) is 67.3 cm³/mol. The van der Waals surface area contributed by atoms with Crippen molar-refractivity contribution in [3.63, 3.8) is 0 Å². The molecule has 5 heteroatoms. The van der Waals surface area contributed by atoms with E-state index in [-0.39, 0.29) is 25.7 Å². The third kappa shape index (κ3) is 2.45. The largest absolute Gasteiger partial charge is 0.496 e. The smallest absolute Gasteiger partial charge is 0.248 e. The minimum absolute atomic E-state index is 0.208. The van der Waals surface area contributed by atoms with Gasteiger partial charge in [-0.2, -0.15) is 0 Å². The van der Waals surface area contributed by atoms with Gasteiger partial charge in [-0.15, -0.1) is 0 Å². The minimum Gasteiger partial charge on any atom is -0.496 e. The summed E-state index contributed by atoms with van der Waals surface area (Å²) in [7, 11) is 1.52. The van der Waals surface area contributed by atoms with E-state index >= 15 is 0 Å². The van der Waals surface area contributed by atoms with Crippen LogP contribution >= 0.6 is 11.6 Å². The number of hydrogen-bond donors (Lipinski definition) is 1. The molecule has 0 aliphatic heterocycles. The van der Waals surface area contributed by atoms with Gasteiger partial charge in [0.1, 0.15) is 5.75 Å². The fourth-order valence-electron chi connectivity index (χ4n) is 2.47. The Morgan fingerprint density at radius 3 is 2.39 bits per heavy atom. The maximum Gasteiger partial charge on any atom is 0.248 e. The van der Waals surface area contributed by atoms with Gasteiger partial charge < -0.3 is 10.5 Å². The first-order chi connectivity index (χ1) is 8.38. The first-order valence-electron chi connectivity index (χ1n) is 5.88. The van der Waals surface area contributed by atoms with Crippen LogP contribution in [-0.4, -0.2) is 13.0 Å². The van der Waals surface area contributed by atoms with Crippen molar-refractivity contribution in [2.75, 3.05) is 7.11 Å². The Hall–Kier alpha value is -0.870. The molecule has 1 aliphatic carbocycles. The third-order valence-electron chi connectivity index (χ3n) is 3.57. The highest BCUT2D eigenvalue weighted by Crippen LogP contribution is 2.46. The van der Waals surface area contributed by atoms with E-state index < -0.39 is 11.5 Å². The van der Waals surface area contributed by atoms with E-state index in [1.807, 2.05) is 0 Å². The molecule has 2 rings (SSSR count). The fourth-order valence-corrected chi connectivity index (χ4v) is 2.82. The average Bonchev–Trinajstić information content (AvgIpc) is 2.33. The Kier molecular flexibility index (Phi) is 3.52. The number of hydrogen-bond acceptors (Lipinski definition) is 2. The van der Waals surface area contributed by atoms with Crippen LogP contribution in [0, 0.1) is 0 Å². The maximum absolute atomic E-state index is 13.2. The lowest BCUT2D eigenvalue weighted by molar-refractivity contribution is -0.0516. The van der Waals surface area contributed by atoms with Gasteiger partial charge in [0, 0.05) is 29.0 Å². The van der Waals surface area contributed by atoms with E-state index in [1.54, 1.807) is 18.2 Å². The Morgan fingerprint density at radius 1 is 1.22 bits per heavy atom. The highest BCUT2D eigenvalue weighted by atomic mass is 35.5. The van der Waals surface area contributed by atoms with Crippen molar-refractivity contribution in [2.45, 2.75) is 37.1 Å². The normalized spacial score (nSPS) is 21.6. The first kappa shape index (κ1) is 13.6. The molecule has 1 fully saturated rings. The fraction of sp³-hybridized carbons (Fsp3) is 0.538. The lowest BCUT2D eigenvalue weighted by Crippen LogP contribution is -2.44. The van der Waals surface area contributed by atoms with Gasteiger partial charge in [-0.1, -0.05) is 17.7 Å². The number of benzene rings is 1. The van der Waals surface area contributed by atoms with Crippen LogP contribution in [0.15, 0.2) is 18.2 Å². The molecule has 1 aliphatic rings. The number of methoxy groups -OCH3 is 1. The number of halogens is 3. The summed E-state index contributed by atoms with van der Waals surface area (Å²) >= 11 is 6.15. The van der Waals surface area contributed by atoms with Gasteiger partial charge in [-0.3, -0.25) is 0 Å².